The van der Waals surface area contributed by atoms with Crippen molar-refractivity contribution in [1.82, 2.24) is 5.32 Å². The molecule has 2 unspecified atom stereocenters. The summed E-state index contributed by atoms with van der Waals surface area (Å²) in [6, 6.07) is 0.227. The molecule has 1 aliphatic rings. The fourth-order valence-corrected chi connectivity index (χ4v) is 2.41. The van der Waals surface area contributed by atoms with Crippen LogP contribution in [-0.2, 0) is 4.79 Å². The average molecular weight is 232 g/mol. The molecule has 1 fully saturated rings. The molecule has 0 radical (unpaired) electrons. The number of rotatable bonds is 6. The molecule has 0 aromatic rings. The smallest absolute Gasteiger partial charge is 0.220 e. The van der Waals surface area contributed by atoms with Crippen LogP contribution in [0.3, 0.4) is 0 Å². The molecular formula is C12H22ClNO. The van der Waals surface area contributed by atoms with E-state index in [1.807, 2.05) is 0 Å². The molecule has 0 aromatic carbocycles. The Labute approximate surface area is 97.8 Å². The van der Waals surface area contributed by atoms with Crippen molar-refractivity contribution in [2.24, 2.45) is 0 Å². The number of carbonyl (C=O) groups excluding carboxylic acids is 1. The van der Waals surface area contributed by atoms with Gasteiger partial charge in [0.15, 0.2) is 0 Å². The van der Waals surface area contributed by atoms with E-state index in [0.717, 1.165) is 25.7 Å². The molecular weight excluding hydrogens is 210 g/mol. The summed E-state index contributed by atoms with van der Waals surface area (Å²) in [5.41, 5.74) is 0. The molecule has 2 atom stereocenters. The van der Waals surface area contributed by atoms with E-state index in [2.05, 4.69) is 12.2 Å². The van der Waals surface area contributed by atoms with Crippen molar-refractivity contribution in [3.63, 3.8) is 0 Å². The highest BCUT2D eigenvalue weighted by Gasteiger charge is 2.26. The van der Waals surface area contributed by atoms with Crippen LogP contribution in [0.15, 0.2) is 0 Å². The highest BCUT2D eigenvalue weighted by atomic mass is 35.5. The molecule has 0 aromatic heterocycles. The summed E-state index contributed by atoms with van der Waals surface area (Å²) in [5, 5.41) is 3.19. The topological polar surface area (TPSA) is 29.1 Å². The van der Waals surface area contributed by atoms with Crippen molar-refractivity contribution in [3.05, 3.63) is 0 Å². The third-order valence-electron chi connectivity index (χ3n) is 3.04. The van der Waals surface area contributed by atoms with Crippen LogP contribution >= 0.6 is 11.6 Å². The first kappa shape index (κ1) is 12.8. The summed E-state index contributed by atoms with van der Waals surface area (Å²) in [6.07, 6.45) is 8.54. The predicted octanol–water partition coefficient (Wildman–Crippen LogP) is 3.23. The molecule has 0 bridgehead atoms. The number of carbonyl (C=O) groups is 1. The van der Waals surface area contributed by atoms with Crippen molar-refractivity contribution in [3.8, 4) is 0 Å². The molecule has 88 valence electrons. The van der Waals surface area contributed by atoms with Gasteiger partial charge in [-0.3, -0.25) is 4.79 Å². The van der Waals surface area contributed by atoms with E-state index < -0.39 is 0 Å². The van der Waals surface area contributed by atoms with Crippen LogP contribution in [-0.4, -0.2) is 17.3 Å². The Hall–Kier alpha value is -0.240. The highest BCUT2D eigenvalue weighted by molar-refractivity contribution is 6.21. The SMILES string of the molecule is CCCCCCC(=O)NC1CCCC1Cl. The monoisotopic (exact) mass is 231 g/mol. The summed E-state index contributed by atoms with van der Waals surface area (Å²) < 4.78 is 0. The average Bonchev–Trinajstić information content (AvgIpc) is 2.59. The third kappa shape index (κ3) is 4.87. The van der Waals surface area contributed by atoms with Crippen molar-refractivity contribution in [2.75, 3.05) is 0 Å². The second-order valence-electron chi connectivity index (χ2n) is 4.43. The summed E-state index contributed by atoms with van der Waals surface area (Å²) in [7, 11) is 0. The number of hydrogen-bond acceptors (Lipinski definition) is 1. The lowest BCUT2D eigenvalue weighted by Crippen LogP contribution is -2.37. The largest absolute Gasteiger partial charge is 0.352 e. The van der Waals surface area contributed by atoms with Gasteiger partial charge in [0.2, 0.25) is 5.91 Å². The second-order valence-corrected chi connectivity index (χ2v) is 4.99. The van der Waals surface area contributed by atoms with E-state index in [1.54, 1.807) is 0 Å². The minimum absolute atomic E-state index is 0.157. The molecule has 2 nitrogen and oxygen atoms in total. The van der Waals surface area contributed by atoms with Gasteiger partial charge < -0.3 is 5.32 Å². The Balaban J connectivity index is 2.07. The maximum Gasteiger partial charge on any atom is 0.220 e. The van der Waals surface area contributed by atoms with Gasteiger partial charge in [-0.05, 0) is 25.7 Å². The minimum atomic E-state index is 0.157. The first-order valence-corrected chi connectivity index (χ1v) is 6.61. The van der Waals surface area contributed by atoms with E-state index in [1.165, 1.54) is 19.3 Å². The summed E-state index contributed by atoms with van der Waals surface area (Å²) in [4.78, 5) is 11.5. The maximum absolute atomic E-state index is 11.5. The number of halogens is 1. The summed E-state index contributed by atoms with van der Waals surface area (Å²) in [5.74, 6) is 0.184. The molecule has 0 saturated heterocycles. The molecule has 1 saturated carbocycles. The fourth-order valence-electron chi connectivity index (χ4n) is 2.07. The normalized spacial score (nSPS) is 25.5. The van der Waals surface area contributed by atoms with E-state index >= 15 is 0 Å². The fraction of sp³-hybridized carbons (Fsp3) is 0.917. The van der Waals surface area contributed by atoms with Gasteiger partial charge in [0.1, 0.15) is 0 Å². The molecule has 0 aliphatic heterocycles. The molecule has 0 heterocycles. The van der Waals surface area contributed by atoms with Crippen LogP contribution in [0.25, 0.3) is 0 Å². The van der Waals surface area contributed by atoms with E-state index in [0.29, 0.717) is 6.42 Å². The van der Waals surface area contributed by atoms with Crippen LogP contribution < -0.4 is 5.32 Å². The van der Waals surface area contributed by atoms with Gasteiger partial charge in [-0.2, -0.15) is 0 Å². The number of unbranched alkanes of at least 4 members (excludes halogenated alkanes) is 3. The Morgan fingerprint density at radius 2 is 2.13 bits per heavy atom. The number of hydrogen-bond donors (Lipinski definition) is 1. The van der Waals surface area contributed by atoms with Crippen molar-refractivity contribution in [1.29, 1.82) is 0 Å². The van der Waals surface area contributed by atoms with E-state index in [4.69, 9.17) is 11.6 Å². The van der Waals surface area contributed by atoms with Crippen LogP contribution in [0.5, 0.6) is 0 Å². The predicted molar refractivity (Wildman–Crippen MR) is 64.2 cm³/mol. The van der Waals surface area contributed by atoms with Gasteiger partial charge >= 0.3 is 0 Å². The van der Waals surface area contributed by atoms with Gasteiger partial charge in [-0.25, -0.2) is 0 Å². The van der Waals surface area contributed by atoms with Crippen molar-refractivity contribution in [2.45, 2.75) is 69.7 Å². The number of amides is 1. The minimum Gasteiger partial charge on any atom is -0.352 e. The molecule has 3 heteroatoms. The standard InChI is InChI=1S/C12H22ClNO/c1-2-3-4-5-9-12(15)14-11-8-6-7-10(11)13/h10-11H,2-9H2,1H3,(H,14,15). The lowest BCUT2D eigenvalue weighted by Gasteiger charge is -2.15. The van der Waals surface area contributed by atoms with Gasteiger partial charge in [0, 0.05) is 12.5 Å². The van der Waals surface area contributed by atoms with Gasteiger partial charge in [0.05, 0.1) is 5.38 Å². The zero-order valence-electron chi connectivity index (χ0n) is 9.60. The van der Waals surface area contributed by atoms with Gasteiger partial charge in [-0.15, -0.1) is 11.6 Å². The van der Waals surface area contributed by atoms with Crippen LogP contribution in [0, 0.1) is 0 Å². The quantitative estimate of drug-likeness (QED) is 0.552. The lowest BCUT2D eigenvalue weighted by molar-refractivity contribution is -0.121. The molecule has 1 N–H and O–H groups in total. The zero-order valence-corrected chi connectivity index (χ0v) is 10.4. The van der Waals surface area contributed by atoms with Gasteiger partial charge in [0.25, 0.3) is 0 Å². The first-order chi connectivity index (χ1) is 7.24. The molecule has 1 rings (SSSR count). The molecule has 0 spiro atoms. The summed E-state index contributed by atoms with van der Waals surface area (Å²) in [6.45, 7) is 2.18. The van der Waals surface area contributed by atoms with Crippen LogP contribution in [0.4, 0.5) is 0 Å². The number of alkyl halides is 1. The van der Waals surface area contributed by atoms with Crippen molar-refractivity contribution >= 4 is 17.5 Å². The van der Waals surface area contributed by atoms with Crippen molar-refractivity contribution < 1.29 is 4.79 Å². The maximum atomic E-state index is 11.5. The first-order valence-electron chi connectivity index (χ1n) is 6.17. The molecule has 1 amide bonds. The van der Waals surface area contributed by atoms with Crippen LogP contribution in [0.2, 0.25) is 0 Å². The third-order valence-corrected chi connectivity index (χ3v) is 3.56. The number of nitrogens with one attached hydrogen (secondary N) is 1. The Bertz CT molecular complexity index is 196. The molecule has 15 heavy (non-hydrogen) atoms. The Morgan fingerprint density at radius 1 is 1.33 bits per heavy atom. The lowest BCUT2D eigenvalue weighted by atomic mass is 10.1. The van der Waals surface area contributed by atoms with Gasteiger partial charge in [-0.1, -0.05) is 26.2 Å². The summed E-state index contributed by atoms with van der Waals surface area (Å²) >= 11 is 6.09. The van der Waals surface area contributed by atoms with E-state index in [-0.39, 0.29) is 17.3 Å². The Morgan fingerprint density at radius 3 is 2.73 bits per heavy atom. The highest BCUT2D eigenvalue weighted by Crippen LogP contribution is 2.24. The van der Waals surface area contributed by atoms with Crippen LogP contribution in [0.1, 0.15) is 58.3 Å². The molecule has 1 aliphatic carbocycles. The zero-order chi connectivity index (χ0) is 11.1. The van der Waals surface area contributed by atoms with E-state index in [9.17, 15) is 4.79 Å². The Kier molecular flexibility index (Phi) is 6.07. The second kappa shape index (κ2) is 7.10.